The Morgan fingerprint density at radius 3 is 2.50 bits per heavy atom. The molecule has 0 spiro atoms. The molecular formula is C18H26FIN5O3S2-. The normalized spacial score (nSPS) is 16.8. The Morgan fingerprint density at radius 2 is 1.87 bits per heavy atom. The van der Waals surface area contributed by atoms with Crippen LogP contribution in [0.5, 0.6) is 0 Å². The molecule has 0 saturated carbocycles. The van der Waals surface area contributed by atoms with E-state index in [1.165, 1.54) is 17.8 Å². The van der Waals surface area contributed by atoms with Gasteiger partial charge in [0, 0.05) is 0 Å². The Balaban J connectivity index is 2.27. The number of rotatable bonds is 10. The van der Waals surface area contributed by atoms with Gasteiger partial charge in [-0.15, -0.1) is 0 Å². The number of aliphatic hydroxyl groups excluding tert-OH is 1. The molecule has 0 bridgehead atoms. The summed E-state index contributed by atoms with van der Waals surface area (Å²) in [5, 5.41) is 12.9. The first-order valence-electron chi connectivity index (χ1n) is 9.19. The molecule has 1 aliphatic rings. The molecular weight excluding hydrogens is 544 g/mol. The zero-order valence-corrected chi connectivity index (χ0v) is 20.9. The van der Waals surface area contributed by atoms with Gasteiger partial charge in [-0.1, -0.05) is 0 Å². The number of hydrogen-bond acceptors (Lipinski definition) is 8. The Kier molecular flexibility index (Phi) is 9.50. The summed E-state index contributed by atoms with van der Waals surface area (Å²) in [7, 11) is -3.58. The van der Waals surface area contributed by atoms with Gasteiger partial charge in [-0.2, -0.15) is 0 Å². The Bertz CT molecular complexity index is 938. The van der Waals surface area contributed by atoms with Crippen LogP contribution in [0.25, 0.3) is 0 Å². The molecule has 0 fully saturated rings. The molecule has 168 valence electrons. The number of allylic oxidation sites excluding steroid dienone is 3. The first-order valence-corrected chi connectivity index (χ1v) is 14.5. The average Bonchev–Trinajstić information content (AvgIpc) is 2.83. The zero-order valence-electron chi connectivity index (χ0n) is 17.1. The number of aliphatic hydroxyl groups is 1. The van der Waals surface area contributed by atoms with E-state index in [2.05, 4.69) is 25.0 Å². The van der Waals surface area contributed by atoms with E-state index in [1.807, 2.05) is 24.9 Å². The SMILES string of the molecule is CC(C)C[C@H](CO)Nc1nc(NS(C)(=O)=O)nc(SC(C)C2=C[I-]C=C(F)C=C2)n1. The standard InChI is InChI=1S/C18H26FIN5O3S2/c1-11(2)7-15(10-26)21-16-22-17(25-30(4,27)28)24-18(23-16)29-12(3)13-5-6-14(19)9-20-8-13/h5-6,8-9,11-12,15,26H,7,10H2,1-4H3,(H2,21,22,23,24,25)/q-1/t12?,15-/m1/s1. The molecule has 2 atom stereocenters. The van der Waals surface area contributed by atoms with Gasteiger partial charge in [-0.3, -0.25) is 0 Å². The number of hydrogen-bond donors (Lipinski definition) is 3. The zero-order chi connectivity index (χ0) is 22.3. The van der Waals surface area contributed by atoms with Gasteiger partial charge in [0.15, 0.2) is 0 Å². The number of sulfonamides is 1. The first kappa shape index (κ1) is 25.0. The van der Waals surface area contributed by atoms with Crippen LogP contribution in [0.4, 0.5) is 16.3 Å². The summed E-state index contributed by atoms with van der Waals surface area (Å²) in [6, 6.07) is -0.278. The van der Waals surface area contributed by atoms with Crippen LogP contribution in [0.1, 0.15) is 27.2 Å². The minimum atomic E-state index is -3.58. The molecule has 0 saturated heterocycles. The van der Waals surface area contributed by atoms with E-state index in [9.17, 15) is 17.9 Å². The van der Waals surface area contributed by atoms with E-state index in [1.54, 1.807) is 10.2 Å². The number of nitrogens with one attached hydrogen (secondary N) is 2. The van der Waals surface area contributed by atoms with Gasteiger partial charge in [0.2, 0.25) is 0 Å². The molecule has 1 aromatic heterocycles. The van der Waals surface area contributed by atoms with Gasteiger partial charge in [0.25, 0.3) is 0 Å². The second-order valence-corrected chi connectivity index (χ2v) is 12.1. The Morgan fingerprint density at radius 1 is 1.17 bits per heavy atom. The van der Waals surface area contributed by atoms with Crippen molar-refractivity contribution in [1.29, 1.82) is 0 Å². The number of nitrogens with zero attached hydrogens (tertiary/aromatic N) is 3. The molecule has 0 radical (unpaired) electrons. The van der Waals surface area contributed by atoms with Crippen LogP contribution < -0.4 is 31.2 Å². The number of halogens is 2. The Labute approximate surface area is 191 Å². The fourth-order valence-corrected chi connectivity index (χ4v) is 5.92. The summed E-state index contributed by atoms with van der Waals surface area (Å²) in [6.07, 6.45) is 4.87. The maximum absolute atomic E-state index is 13.5. The van der Waals surface area contributed by atoms with E-state index < -0.39 is 31.2 Å². The third kappa shape index (κ3) is 8.86. The molecule has 2 heterocycles. The van der Waals surface area contributed by atoms with Gasteiger partial charge in [0.05, 0.1) is 0 Å². The van der Waals surface area contributed by atoms with Crippen LogP contribution in [0, 0.1) is 5.92 Å². The molecule has 8 nitrogen and oxygen atoms in total. The van der Waals surface area contributed by atoms with Crippen molar-refractivity contribution < 1.29 is 39.1 Å². The third-order valence-corrected chi connectivity index (χ3v) is 7.35. The van der Waals surface area contributed by atoms with Crippen molar-refractivity contribution in [3.63, 3.8) is 0 Å². The van der Waals surface area contributed by atoms with Crippen molar-refractivity contribution in [2.75, 3.05) is 22.9 Å². The summed E-state index contributed by atoms with van der Waals surface area (Å²) in [4.78, 5) is 12.7. The van der Waals surface area contributed by atoms with E-state index in [0.717, 1.165) is 11.8 Å². The van der Waals surface area contributed by atoms with E-state index in [4.69, 9.17) is 0 Å². The second kappa shape index (κ2) is 11.4. The number of thioether (sulfide) groups is 1. The summed E-state index contributed by atoms with van der Waals surface area (Å²) >= 11 is 0.798. The summed E-state index contributed by atoms with van der Waals surface area (Å²) < 4.78 is 42.7. The first-order chi connectivity index (χ1) is 14.1. The fraction of sp³-hybridized carbons (Fsp3) is 0.500. The van der Waals surface area contributed by atoms with Crippen molar-refractivity contribution in [1.82, 2.24) is 15.0 Å². The van der Waals surface area contributed by atoms with Crippen molar-refractivity contribution in [2.24, 2.45) is 5.92 Å². The van der Waals surface area contributed by atoms with E-state index in [-0.39, 0.29) is 35.6 Å². The molecule has 2 rings (SSSR count). The monoisotopic (exact) mass is 570 g/mol. The predicted molar refractivity (Wildman–Crippen MR) is 114 cm³/mol. The van der Waals surface area contributed by atoms with Crippen LogP contribution >= 0.6 is 11.8 Å². The van der Waals surface area contributed by atoms with Crippen molar-refractivity contribution >= 4 is 33.7 Å². The van der Waals surface area contributed by atoms with Gasteiger partial charge in [0.1, 0.15) is 0 Å². The van der Waals surface area contributed by atoms with Crippen molar-refractivity contribution in [3.8, 4) is 0 Å². The van der Waals surface area contributed by atoms with Gasteiger partial charge >= 0.3 is 192 Å². The molecule has 12 heteroatoms. The number of anilines is 2. The number of aromatic nitrogens is 3. The van der Waals surface area contributed by atoms with Crippen LogP contribution in [0.3, 0.4) is 0 Å². The average molecular weight is 570 g/mol. The van der Waals surface area contributed by atoms with Gasteiger partial charge in [-0.25, -0.2) is 0 Å². The maximum atomic E-state index is 13.5. The predicted octanol–water partition coefficient (Wildman–Crippen LogP) is -0.104. The minimum absolute atomic E-state index is 0.0779. The summed E-state index contributed by atoms with van der Waals surface area (Å²) in [6.45, 7) is 5.90. The van der Waals surface area contributed by atoms with E-state index in [0.29, 0.717) is 17.5 Å². The molecule has 1 unspecified atom stereocenters. The molecule has 0 aromatic carbocycles. The van der Waals surface area contributed by atoms with Gasteiger partial charge in [-0.05, 0) is 0 Å². The molecule has 30 heavy (non-hydrogen) atoms. The molecule has 1 aliphatic heterocycles. The summed E-state index contributed by atoms with van der Waals surface area (Å²) in [5.41, 5.74) is 0.956. The van der Waals surface area contributed by atoms with Crippen LogP contribution in [0.15, 0.2) is 36.9 Å². The third-order valence-electron chi connectivity index (χ3n) is 3.74. The van der Waals surface area contributed by atoms with Crippen LogP contribution in [-0.4, -0.2) is 52.6 Å². The second-order valence-electron chi connectivity index (χ2n) is 7.12. The van der Waals surface area contributed by atoms with E-state index >= 15 is 0 Å². The van der Waals surface area contributed by atoms with Crippen molar-refractivity contribution in [2.45, 2.75) is 43.6 Å². The molecule has 1 aromatic rings. The summed E-state index contributed by atoms with van der Waals surface area (Å²) in [5.74, 6) is 0.176. The molecule has 3 N–H and O–H groups in total. The van der Waals surface area contributed by atoms with Crippen molar-refractivity contribution in [3.05, 3.63) is 31.7 Å². The molecule has 0 amide bonds. The fourth-order valence-electron chi connectivity index (χ4n) is 2.48. The van der Waals surface area contributed by atoms with Gasteiger partial charge < -0.3 is 0 Å². The van der Waals surface area contributed by atoms with Crippen LogP contribution in [0.2, 0.25) is 0 Å². The quantitative estimate of drug-likeness (QED) is 0.264. The van der Waals surface area contributed by atoms with Crippen LogP contribution in [-0.2, 0) is 10.0 Å². The molecule has 0 aliphatic carbocycles. The topological polar surface area (TPSA) is 117 Å². The Hall–Kier alpha value is -1.25.